The van der Waals surface area contributed by atoms with Crippen LogP contribution < -0.4 is 16.6 Å². The van der Waals surface area contributed by atoms with E-state index in [2.05, 4.69) is 30.3 Å². The number of aromatic nitrogens is 3. The second-order valence-electron chi connectivity index (χ2n) is 5.33. The van der Waals surface area contributed by atoms with Gasteiger partial charge in [0.2, 0.25) is 5.82 Å². The lowest BCUT2D eigenvalue weighted by atomic mass is 9.91. The summed E-state index contributed by atoms with van der Waals surface area (Å²) >= 11 is 1.68. The van der Waals surface area contributed by atoms with Gasteiger partial charge in [0.25, 0.3) is 5.56 Å². The fourth-order valence-electron chi connectivity index (χ4n) is 1.86. The van der Waals surface area contributed by atoms with Gasteiger partial charge >= 0.3 is 5.69 Å². The number of anilines is 1. The average molecular weight is 294 g/mol. The molecule has 108 valence electrons. The maximum absolute atomic E-state index is 12.0. The maximum Gasteiger partial charge on any atom is 0.346 e. The molecule has 0 fully saturated rings. The molecule has 0 aromatic carbocycles. The van der Waals surface area contributed by atoms with E-state index in [4.69, 9.17) is 0 Å². The van der Waals surface area contributed by atoms with Gasteiger partial charge in [0.15, 0.2) is 0 Å². The number of nitrogens with one attached hydrogen (secondary N) is 1. The van der Waals surface area contributed by atoms with Crippen molar-refractivity contribution in [2.45, 2.75) is 19.3 Å². The molecule has 1 N–H and O–H groups in total. The molecule has 20 heavy (non-hydrogen) atoms. The van der Waals surface area contributed by atoms with Crippen molar-refractivity contribution in [1.82, 2.24) is 14.3 Å². The molecule has 2 heterocycles. The molecule has 0 amide bonds. The molecule has 0 aliphatic heterocycles. The van der Waals surface area contributed by atoms with E-state index in [-0.39, 0.29) is 11.2 Å². The van der Waals surface area contributed by atoms with Gasteiger partial charge in [-0.15, -0.1) is 16.4 Å². The molecule has 0 saturated heterocycles. The van der Waals surface area contributed by atoms with E-state index in [1.807, 2.05) is 11.4 Å². The molecular formula is C13H18N4O2S. The third-order valence-corrected chi connectivity index (χ3v) is 4.44. The molecule has 2 aromatic rings. The number of rotatable bonds is 4. The highest BCUT2D eigenvalue weighted by molar-refractivity contribution is 7.10. The molecule has 0 unspecified atom stereocenters. The second-order valence-corrected chi connectivity index (χ2v) is 6.28. The zero-order chi connectivity index (χ0) is 14.9. The van der Waals surface area contributed by atoms with Gasteiger partial charge in [-0.1, -0.05) is 19.9 Å². The third-order valence-electron chi connectivity index (χ3n) is 3.21. The smallest absolute Gasteiger partial charge is 0.346 e. The van der Waals surface area contributed by atoms with Gasteiger partial charge < -0.3 is 5.32 Å². The van der Waals surface area contributed by atoms with Crippen LogP contribution in [0.4, 0.5) is 5.82 Å². The first-order chi connectivity index (χ1) is 9.33. The third kappa shape index (κ3) is 2.67. The van der Waals surface area contributed by atoms with Crippen molar-refractivity contribution in [3.63, 3.8) is 0 Å². The van der Waals surface area contributed by atoms with Crippen LogP contribution in [0.5, 0.6) is 0 Å². The minimum atomic E-state index is -0.432. The SMILES string of the molecule is Cn1nc(NCC(C)(C)c2cccs2)c(=O)n(C)c1=O. The number of thiophene rings is 1. The van der Waals surface area contributed by atoms with Crippen LogP contribution in [-0.2, 0) is 19.5 Å². The second kappa shape index (κ2) is 5.24. The molecule has 6 nitrogen and oxygen atoms in total. The fourth-order valence-corrected chi connectivity index (χ4v) is 2.72. The van der Waals surface area contributed by atoms with E-state index < -0.39 is 11.2 Å². The number of hydrogen-bond acceptors (Lipinski definition) is 5. The zero-order valence-corrected chi connectivity index (χ0v) is 12.8. The molecule has 0 atom stereocenters. The molecule has 2 aromatic heterocycles. The van der Waals surface area contributed by atoms with E-state index in [0.29, 0.717) is 6.54 Å². The molecule has 0 radical (unpaired) electrons. The van der Waals surface area contributed by atoms with Crippen molar-refractivity contribution < 1.29 is 0 Å². The molecule has 2 rings (SSSR count). The minimum absolute atomic E-state index is 0.116. The van der Waals surface area contributed by atoms with E-state index in [9.17, 15) is 9.59 Å². The number of hydrogen-bond donors (Lipinski definition) is 1. The Balaban J connectivity index is 2.24. The van der Waals surface area contributed by atoms with E-state index in [1.54, 1.807) is 11.3 Å². The van der Waals surface area contributed by atoms with Gasteiger partial charge in [0.1, 0.15) is 0 Å². The van der Waals surface area contributed by atoms with Crippen LogP contribution in [0, 0.1) is 0 Å². The molecule has 0 spiro atoms. The van der Waals surface area contributed by atoms with E-state index >= 15 is 0 Å². The first-order valence-corrected chi connectivity index (χ1v) is 7.13. The molecule has 0 saturated carbocycles. The van der Waals surface area contributed by atoms with Crippen LogP contribution in [0.2, 0.25) is 0 Å². The monoisotopic (exact) mass is 294 g/mol. The Labute approximate surface area is 120 Å². The lowest BCUT2D eigenvalue weighted by Crippen LogP contribution is -2.41. The summed E-state index contributed by atoms with van der Waals surface area (Å²) in [6.45, 7) is 4.75. The van der Waals surface area contributed by atoms with Crippen LogP contribution in [0.3, 0.4) is 0 Å². The van der Waals surface area contributed by atoms with Crippen LogP contribution in [0.25, 0.3) is 0 Å². The van der Waals surface area contributed by atoms with Gasteiger partial charge in [-0.2, -0.15) is 0 Å². The predicted molar refractivity (Wildman–Crippen MR) is 80.6 cm³/mol. The van der Waals surface area contributed by atoms with Crippen LogP contribution in [0.1, 0.15) is 18.7 Å². The van der Waals surface area contributed by atoms with Gasteiger partial charge in [-0.05, 0) is 11.4 Å². The zero-order valence-electron chi connectivity index (χ0n) is 12.0. The lowest BCUT2D eigenvalue weighted by Gasteiger charge is -2.23. The van der Waals surface area contributed by atoms with Crippen molar-refractivity contribution in [1.29, 1.82) is 0 Å². The largest absolute Gasteiger partial charge is 0.363 e. The summed E-state index contributed by atoms with van der Waals surface area (Å²) in [5.41, 5.74) is -0.955. The Morgan fingerprint density at radius 3 is 2.65 bits per heavy atom. The Kier molecular flexibility index (Phi) is 3.80. The maximum atomic E-state index is 12.0. The van der Waals surface area contributed by atoms with Crippen LogP contribution in [-0.4, -0.2) is 20.9 Å². The lowest BCUT2D eigenvalue weighted by molar-refractivity contribution is 0.557. The standard InChI is InChI=1S/C13H18N4O2S/c1-13(2,9-6-5-7-20-9)8-14-10-11(18)16(3)12(19)17(4)15-10/h5-7H,8H2,1-4H3,(H,14,15). The number of nitrogens with zero attached hydrogens (tertiary/aromatic N) is 3. The van der Waals surface area contributed by atoms with Crippen molar-refractivity contribution in [2.75, 3.05) is 11.9 Å². The molecule has 0 aliphatic carbocycles. The highest BCUT2D eigenvalue weighted by Crippen LogP contribution is 2.27. The Morgan fingerprint density at radius 1 is 1.35 bits per heavy atom. The van der Waals surface area contributed by atoms with Gasteiger partial charge in [-0.25, -0.2) is 9.48 Å². The summed E-state index contributed by atoms with van der Waals surface area (Å²) in [4.78, 5) is 24.8. The summed E-state index contributed by atoms with van der Waals surface area (Å²) in [5.74, 6) is 0.194. The summed E-state index contributed by atoms with van der Waals surface area (Å²) < 4.78 is 2.20. The minimum Gasteiger partial charge on any atom is -0.363 e. The Bertz CT molecular complexity index is 713. The average Bonchev–Trinajstić information content (AvgIpc) is 2.94. The summed E-state index contributed by atoms with van der Waals surface area (Å²) in [6.07, 6.45) is 0. The summed E-state index contributed by atoms with van der Waals surface area (Å²) in [5, 5.41) is 9.06. The quantitative estimate of drug-likeness (QED) is 0.911. The van der Waals surface area contributed by atoms with Crippen molar-refractivity contribution >= 4 is 17.2 Å². The van der Waals surface area contributed by atoms with Gasteiger partial charge in [0.05, 0.1) is 0 Å². The van der Waals surface area contributed by atoms with Gasteiger partial charge in [0, 0.05) is 30.9 Å². The fraction of sp³-hybridized carbons (Fsp3) is 0.462. The topological polar surface area (TPSA) is 68.9 Å². The molecule has 7 heteroatoms. The van der Waals surface area contributed by atoms with Crippen molar-refractivity contribution in [2.24, 2.45) is 14.1 Å². The van der Waals surface area contributed by atoms with E-state index in [0.717, 1.165) is 9.25 Å². The van der Waals surface area contributed by atoms with Gasteiger partial charge in [-0.3, -0.25) is 9.36 Å². The first-order valence-electron chi connectivity index (χ1n) is 6.25. The number of aryl methyl sites for hydroxylation is 1. The summed E-state index contributed by atoms with van der Waals surface area (Å²) in [7, 11) is 2.97. The molecule has 0 aliphatic rings. The predicted octanol–water partition coefficient (Wildman–Crippen LogP) is 0.930. The first kappa shape index (κ1) is 14.5. The van der Waals surface area contributed by atoms with E-state index in [1.165, 1.54) is 19.0 Å². The normalized spacial score (nSPS) is 11.6. The highest BCUT2D eigenvalue weighted by Gasteiger charge is 2.22. The van der Waals surface area contributed by atoms with Crippen molar-refractivity contribution in [3.05, 3.63) is 43.2 Å². The van der Waals surface area contributed by atoms with Crippen molar-refractivity contribution in [3.8, 4) is 0 Å². The molecular weight excluding hydrogens is 276 g/mol. The summed E-state index contributed by atoms with van der Waals surface area (Å²) in [6, 6.07) is 4.07. The van der Waals surface area contributed by atoms with Crippen LogP contribution >= 0.6 is 11.3 Å². The Morgan fingerprint density at radius 2 is 2.05 bits per heavy atom. The molecule has 0 bridgehead atoms. The Hall–Kier alpha value is -1.89. The highest BCUT2D eigenvalue weighted by atomic mass is 32.1. The van der Waals surface area contributed by atoms with Crippen LogP contribution in [0.15, 0.2) is 27.1 Å².